The summed E-state index contributed by atoms with van der Waals surface area (Å²) in [6, 6.07) is 5.96. The molecule has 0 aliphatic heterocycles. The molecule has 0 aliphatic carbocycles. The fraction of sp³-hybridized carbons (Fsp3) is 0.308. The van der Waals surface area contributed by atoms with Crippen molar-refractivity contribution in [2.75, 3.05) is 12.8 Å². The number of rotatable bonds is 3. The summed E-state index contributed by atoms with van der Waals surface area (Å²) in [6.45, 7) is 4.02. The van der Waals surface area contributed by atoms with Gasteiger partial charge in [-0.25, -0.2) is 0 Å². The molecule has 0 spiro atoms. The third-order valence-corrected chi connectivity index (χ3v) is 2.82. The van der Waals surface area contributed by atoms with Gasteiger partial charge in [0.1, 0.15) is 5.75 Å². The van der Waals surface area contributed by atoms with Gasteiger partial charge in [0.2, 0.25) is 5.88 Å². The Morgan fingerprint density at radius 2 is 2.18 bits per heavy atom. The Hall–Kier alpha value is -1.97. The van der Waals surface area contributed by atoms with Gasteiger partial charge in [-0.1, -0.05) is 24.2 Å². The number of methoxy groups -OCH3 is 1. The molecule has 17 heavy (non-hydrogen) atoms. The molecule has 1 heterocycles. The molecule has 4 nitrogen and oxygen atoms in total. The molecule has 4 heteroatoms. The maximum absolute atomic E-state index is 5.81. The fourth-order valence-corrected chi connectivity index (χ4v) is 1.86. The smallest absolute Gasteiger partial charge is 0.230 e. The molecular formula is C13H16N2O2. The molecule has 0 fully saturated rings. The summed E-state index contributed by atoms with van der Waals surface area (Å²) >= 11 is 0. The summed E-state index contributed by atoms with van der Waals surface area (Å²) in [5.74, 6) is 1.19. The zero-order valence-electron chi connectivity index (χ0n) is 10.3. The molecule has 0 aliphatic rings. The van der Waals surface area contributed by atoms with E-state index in [0.717, 1.165) is 34.6 Å². The Morgan fingerprint density at radius 3 is 2.82 bits per heavy atom. The molecule has 1 aromatic heterocycles. The SMILES string of the molecule is CCc1noc(N)c1-c1ccc(C)c(OC)c1. The maximum atomic E-state index is 5.81. The van der Waals surface area contributed by atoms with Gasteiger partial charge in [-0.2, -0.15) is 0 Å². The molecule has 0 amide bonds. The van der Waals surface area contributed by atoms with Gasteiger partial charge in [0.25, 0.3) is 0 Å². The number of aryl methyl sites for hydroxylation is 2. The molecule has 0 atom stereocenters. The van der Waals surface area contributed by atoms with Crippen LogP contribution >= 0.6 is 0 Å². The first-order chi connectivity index (χ1) is 8.17. The van der Waals surface area contributed by atoms with Crippen LogP contribution in [0.4, 0.5) is 5.88 Å². The summed E-state index contributed by atoms with van der Waals surface area (Å²) in [7, 11) is 1.66. The third kappa shape index (κ3) is 1.98. The van der Waals surface area contributed by atoms with E-state index in [9.17, 15) is 0 Å². The lowest BCUT2D eigenvalue weighted by Gasteiger charge is -2.07. The standard InChI is InChI=1S/C13H16N2O2/c1-4-10-12(13(14)17-15-10)9-6-5-8(2)11(7-9)16-3/h5-7H,4,14H2,1-3H3. The molecule has 0 bridgehead atoms. The molecule has 0 radical (unpaired) electrons. The van der Waals surface area contributed by atoms with Crippen molar-refractivity contribution >= 4 is 5.88 Å². The highest BCUT2D eigenvalue weighted by atomic mass is 16.5. The second-order valence-electron chi connectivity index (χ2n) is 3.91. The van der Waals surface area contributed by atoms with Crippen molar-refractivity contribution in [2.24, 2.45) is 0 Å². The largest absolute Gasteiger partial charge is 0.496 e. The Morgan fingerprint density at radius 1 is 1.41 bits per heavy atom. The number of nitrogen functional groups attached to an aromatic ring is 1. The second kappa shape index (κ2) is 4.49. The Bertz CT molecular complexity index is 532. The van der Waals surface area contributed by atoms with Crippen molar-refractivity contribution in [3.8, 4) is 16.9 Å². The zero-order chi connectivity index (χ0) is 12.4. The maximum Gasteiger partial charge on any atom is 0.230 e. The van der Waals surface area contributed by atoms with Gasteiger partial charge in [0.05, 0.1) is 18.4 Å². The van der Waals surface area contributed by atoms with Gasteiger partial charge in [0, 0.05) is 0 Å². The van der Waals surface area contributed by atoms with Gasteiger partial charge < -0.3 is 15.0 Å². The molecule has 90 valence electrons. The lowest BCUT2D eigenvalue weighted by Crippen LogP contribution is -1.92. The van der Waals surface area contributed by atoms with E-state index in [1.54, 1.807) is 7.11 Å². The molecule has 1 aromatic carbocycles. The highest BCUT2D eigenvalue weighted by Gasteiger charge is 2.15. The molecule has 2 rings (SSSR count). The normalized spacial score (nSPS) is 10.5. The summed E-state index contributed by atoms with van der Waals surface area (Å²) in [5, 5.41) is 3.95. The highest BCUT2D eigenvalue weighted by molar-refractivity contribution is 5.76. The van der Waals surface area contributed by atoms with Crippen LogP contribution in [-0.4, -0.2) is 12.3 Å². The number of aromatic nitrogens is 1. The lowest BCUT2D eigenvalue weighted by atomic mass is 10.0. The molecule has 2 aromatic rings. The van der Waals surface area contributed by atoms with E-state index in [1.165, 1.54) is 0 Å². The first-order valence-corrected chi connectivity index (χ1v) is 5.56. The second-order valence-corrected chi connectivity index (χ2v) is 3.91. The van der Waals surface area contributed by atoms with Gasteiger partial charge in [0.15, 0.2) is 0 Å². The van der Waals surface area contributed by atoms with E-state index in [0.29, 0.717) is 5.88 Å². The Balaban J connectivity index is 2.56. The van der Waals surface area contributed by atoms with Crippen LogP contribution < -0.4 is 10.5 Å². The first-order valence-electron chi connectivity index (χ1n) is 5.56. The fourth-order valence-electron chi connectivity index (χ4n) is 1.86. The van der Waals surface area contributed by atoms with E-state index in [1.807, 2.05) is 32.0 Å². The number of benzene rings is 1. The number of nitrogens with zero attached hydrogens (tertiary/aromatic N) is 1. The summed E-state index contributed by atoms with van der Waals surface area (Å²) < 4.78 is 10.3. The summed E-state index contributed by atoms with van der Waals surface area (Å²) in [6.07, 6.45) is 0.784. The Kier molecular flexibility index (Phi) is 3.04. The van der Waals surface area contributed by atoms with Crippen molar-refractivity contribution in [3.05, 3.63) is 29.5 Å². The lowest BCUT2D eigenvalue weighted by molar-refractivity contribution is 0.412. The van der Waals surface area contributed by atoms with E-state index in [2.05, 4.69) is 5.16 Å². The van der Waals surface area contributed by atoms with Gasteiger partial charge in [-0.15, -0.1) is 0 Å². The number of nitrogens with two attached hydrogens (primary N) is 1. The van der Waals surface area contributed by atoms with Crippen molar-refractivity contribution in [1.82, 2.24) is 5.16 Å². The average Bonchev–Trinajstić information content (AvgIpc) is 2.71. The van der Waals surface area contributed by atoms with Crippen molar-refractivity contribution in [2.45, 2.75) is 20.3 Å². The van der Waals surface area contributed by atoms with Crippen LogP contribution in [0.2, 0.25) is 0 Å². The quantitative estimate of drug-likeness (QED) is 0.883. The van der Waals surface area contributed by atoms with Gasteiger partial charge >= 0.3 is 0 Å². The van der Waals surface area contributed by atoms with E-state index in [4.69, 9.17) is 15.0 Å². The minimum atomic E-state index is 0.354. The van der Waals surface area contributed by atoms with E-state index < -0.39 is 0 Å². The predicted molar refractivity (Wildman–Crippen MR) is 67.0 cm³/mol. The van der Waals surface area contributed by atoms with Crippen molar-refractivity contribution in [3.63, 3.8) is 0 Å². The van der Waals surface area contributed by atoms with Crippen LogP contribution in [0.5, 0.6) is 5.75 Å². The third-order valence-electron chi connectivity index (χ3n) is 2.82. The van der Waals surface area contributed by atoms with Crippen LogP contribution in [0.25, 0.3) is 11.1 Å². The zero-order valence-corrected chi connectivity index (χ0v) is 10.3. The minimum Gasteiger partial charge on any atom is -0.496 e. The first kappa shape index (κ1) is 11.5. The van der Waals surface area contributed by atoms with E-state index in [-0.39, 0.29) is 0 Å². The highest BCUT2D eigenvalue weighted by Crippen LogP contribution is 2.33. The Labute approximate surface area is 100 Å². The van der Waals surface area contributed by atoms with Crippen LogP contribution in [0.3, 0.4) is 0 Å². The topological polar surface area (TPSA) is 61.3 Å². The predicted octanol–water partition coefficient (Wildman–Crippen LogP) is 2.80. The molecule has 0 unspecified atom stereocenters. The number of hydrogen-bond donors (Lipinski definition) is 1. The van der Waals surface area contributed by atoms with Crippen molar-refractivity contribution < 1.29 is 9.26 Å². The monoisotopic (exact) mass is 232 g/mol. The molecule has 0 saturated carbocycles. The van der Waals surface area contributed by atoms with Crippen LogP contribution in [-0.2, 0) is 6.42 Å². The van der Waals surface area contributed by atoms with Crippen molar-refractivity contribution in [1.29, 1.82) is 0 Å². The molecular weight excluding hydrogens is 216 g/mol. The molecule has 0 saturated heterocycles. The number of anilines is 1. The summed E-state index contributed by atoms with van der Waals surface area (Å²) in [5.41, 5.74) is 9.61. The van der Waals surface area contributed by atoms with E-state index >= 15 is 0 Å². The van der Waals surface area contributed by atoms with Crippen LogP contribution in [0.1, 0.15) is 18.2 Å². The van der Waals surface area contributed by atoms with Gasteiger partial charge in [-0.3, -0.25) is 0 Å². The van der Waals surface area contributed by atoms with Gasteiger partial charge in [-0.05, 0) is 30.5 Å². The minimum absolute atomic E-state index is 0.354. The average molecular weight is 232 g/mol. The number of hydrogen-bond acceptors (Lipinski definition) is 4. The summed E-state index contributed by atoms with van der Waals surface area (Å²) in [4.78, 5) is 0. The molecule has 2 N–H and O–H groups in total. The number of ether oxygens (including phenoxy) is 1. The van der Waals surface area contributed by atoms with Crippen LogP contribution in [0, 0.1) is 6.92 Å². The van der Waals surface area contributed by atoms with Crippen LogP contribution in [0.15, 0.2) is 22.7 Å².